The van der Waals surface area contributed by atoms with Gasteiger partial charge in [0.15, 0.2) is 17.1 Å². The predicted octanol–water partition coefficient (Wildman–Crippen LogP) is 11.4. The third-order valence-electron chi connectivity index (χ3n) is 18.9. The van der Waals surface area contributed by atoms with Crippen LogP contribution in [0.4, 0.5) is 38.5 Å². The van der Waals surface area contributed by atoms with Gasteiger partial charge in [0.1, 0.15) is 31.1 Å². The molecule has 4 fully saturated rings. The van der Waals surface area contributed by atoms with Crippen LogP contribution in [-0.2, 0) is 47.1 Å². The Balaban J connectivity index is 0.000000128. The molecule has 2 aliphatic carbocycles. The van der Waals surface area contributed by atoms with Crippen molar-refractivity contribution in [3.8, 4) is 23.5 Å². The first-order chi connectivity index (χ1) is 52.9. The van der Waals surface area contributed by atoms with Gasteiger partial charge in [0.05, 0.1) is 114 Å². The maximum Gasteiger partial charge on any atom is 0.291 e. The number of fused-ring (bicyclic) bond motifs is 4. The highest BCUT2D eigenvalue weighted by molar-refractivity contribution is 6.08. The minimum absolute atomic E-state index is 0.0284. The molecule has 4 aliphatic rings. The zero-order valence-corrected chi connectivity index (χ0v) is 61.1. The molecule has 0 unspecified atom stereocenters. The average Bonchev–Trinajstić information content (AvgIpc) is 1.67. The number of nitrogen functional groups attached to an aromatic ring is 2. The van der Waals surface area contributed by atoms with Crippen LogP contribution in [0.1, 0.15) is 99.0 Å². The number of hydrogen-bond acceptors (Lipinski definition) is 22. The van der Waals surface area contributed by atoms with Crippen LogP contribution in [0.5, 0.6) is 23.5 Å². The molecule has 2 saturated carbocycles. The highest BCUT2D eigenvalue weighted by Gasteiger charge is 2.25. The molecule has 0 radical (unpaired) electrons. The van der Waals surface area contributed by atoms with Crippen molar-refractivity contribution >= 4 is 101 Å². The molecule has 0 bridgehead atoms. The molecular formula is C78H86FN17O13. The van der Waals surface area contributed by atoms with Crippen LogP contribution in [0.25, 0.3) is 43.6 Å². The second-order valence-electron chi connectivity index (χ2n) is 26.8. The number of halogens is 1. The summed E-state index contributed by atoms with van der Waals surface area (Å²) in [5, 5.41) is 32.6. The smallest absolute Gasteiger partial charge is 0.291 e. The Hall–Kier alpha value is -12.1. The Bertz CT molecular complexity index is 5020. The summed E-state index contributed by atoms with van der Waals surface area (Å²) in [6, 6.07) is 34.6. The molecule has 10 heterocycles. The van der Waals surface area contributed by atoms with Gasteiger partial charge in [0.2, 0.25) is 29.5 Å². The van der Waals surface area contributed by atoms with Gasteiger partial charge in [-0.2, -0.15) is 4.39 Å². The molecule has 2 atom stereocenters. The summed E-state index contributed by atoms with van der Waals surface area (Å²) in [4.78, 5) is 61.1. The van der Waals surface area contributed by atoms with E-state index in [-0.39, 0.29) is 47.0 Å². The van der Waals surface area contributed by atoms with Crippen molar-refractivity contribution in [1.82, 2.24) is 54.1 Å². The molecule has 12 aromatic rings. The molecule has 8 aromatic heterocycles. The number of furan rings is 1. The number of anilines is 6. The van der Waals surface area contributed by atoms with Gasteiger partial charge in [-0.05, 0) is 160 Å². The Morgan fingerprint density at radius 2 is 0.862 bits per heavy atom. The highest BCUT2D eigenvalue weighted by atomic mass is 19.1. The Morgan fingerprint density at radius 1 is 0.477 bits per heavy atom. The fourth-order valence-corrected chi connectivity index (χ4v) is 13.1. The van der Waals surface area contributed by atoms with Crippen LogP contribution in [0.2, 0.25) is 0 Å². The van der Waals surface area contributed by atoms with Gasteiger partial charge in [-0.25, -0.2) is 15.0 Å². The first-order valence-electron chi connectivity index (χ1n) is 36.0. The predicted molar refractivity (Wildman–Crippen MR) is 407 cm³/mol. The third-order valence-corrected chi connectivity index (χ3v) is 18.9. The molecule has 31 heteroatoms. The van der Waals surface area contributed by atoms with Gasteiger partial charge in [0, 0.05) is 68.9 Å². The van der Waals surface area contributed by atoms with E-state index >= 15 is 0 Å². The van der Waals surface area contributed by atoms with Crippen molar-refractivity contribution in [3.05, 3.63) is 174 Å². The molecule has 109 heavy (non-hydrogen) atoms. The van der Waals surface area contributed by atoms with E-state index < -0.39 is 11.9 Å². The Kier molecular flexibility index (Phi) is 24.2. The SMILES string of the molecule is Cc1ccoc1C(=O)Nc1ccc2c(OCC3CCCC3)nn(C)c2c1.Cn1nc(OCC2CCCC2)c2ccc(NC(=O)c3cccc(F)n3)cc21.Cn1nc(OC[C@@H]2COCCO2)c2ccc(NC(=O)c3ncccc3N)cc21.Cn1nc(OC[C@H]2COCCO2)c2ccc(NC(=O)c3ncccc3N)cc21. The van der Waals surface area contributed by atoms with Gasteiger partial charge in [0.25, 0.3) is 23.6 Å². The zero-order chi connectivity index (χ0) is 75.9. The van der Waals surface area contributed by atoms with Gasteiger partial charge in [-0.1, -0.05) is 31.7 Å². The molecule has 568 valence electrons. The number of carbonyl (C=O) groups is 4. The molecule has 2 aliphatic heterocycles. The normalized spacial score (nSPS) is 15.8. The number of nitrogens with two attached hydrogens (primary N) is 2. The van der Waals surface area contributed by atoms with E-state index in [0.717, 1.165) is 55.8 Å². The summed E-state index contributed by atoms with van der Waals surface area (Å²) in [7, 11) is 7.35. The quantitative estimate of drug-likeness (QED) is 0.0386. The summed E-state index contributed by atoms with van der Waals surface area (Å²) in [5.41, 5.74) is 19.4. The first kappa shape index (κ1) is 75.2. The summed E-state index contributed by atoms with van der Waals surface area (Å²) in [5.74, 6) is 1.73. The van der Waals surface area contributed by atoms with Gasteiger partial charge in [-0.3, -0.25) is 37.9 Å². The van der Waals surface area contributed by atoms with Gasteiger partial charge in [-0.15, -0.1) is 20.4 Å². The number of carbonyl (C=O) groups excluding carboxylic acids is 4. The molecule has 2 saturated heterocycles. The van der Waals surface area contributed by atoms with Crippen molar-refractivity contribution in [2.24, 2.45) is 40.0 Å². The van der Waals surface area contributed by atoms with Crippen molar-refractivity contribution in [2.75, 3.05) is 98.8 Å². The van der Waals surface area contributed by atoms with Crippen LogP contribution in [-0.4, -0.2) is 156 Å². The van der Waals surface area contributed by atoms with Crippen LogP contribution in [0, 0.1) is 24.7 Å². The fraction of sp³-hybridized carbons (Fsp3) is 0.346. The number of amides is 4. The lowest BCUT2D eigenvalue weighted by Crippen LogP contribution is -2.33. The second-order valence-corrected chi connectivity index (χ2v) is 26.8. The van der Waals surface area contributed by atoms with E-state index in [1.165, 1.54) is 88.2 Å². The van der Waals surface area contributed by atoms with Crippen LogP contribution in [0.15, 0.2) is 144 Å². The maximum atomic E-state index is 13.2. The lowest BCUT2D eigenvalue weighted by atomic mass is 10.1. The van der Waals surface area contributed by atoms with E-state index in [2.05, 4.69) is 56.6 Å². The topological polar surface area (TPSA) is 365 Å². The number of nitrogens with zero attached hydrogens (tertiary/aromatic N) is 11. The van der Waals surface area contributed by atoms with Gasteiger partial charge < -0.3 is 75.0 Å². The van der Waals surface area contributed by atoms with E-state index in [9.17, 15) is 23.6 Å². The molecular weight excluding hydrogens is 1400 g/mol. The second kappa shape index (κ2) is 35.1. The molecule has 4 aromatic carbocycles. The van der Waals surface area contributed by atoms with Crippen molar-refractivity contribution in [2.45, 2.75) is 70.5 Å². The van der Waals surface area contributed by atoms with Crippen LogP contribution >= 0.6 is 0 Å². The number of aryl methyl sites for hydroxylation is 5. The van der Waals surface area contributed by atoms with Crippen LogP contribution < -0.4 is 51.7 Å². The van der Waals surface area contributed by atoms with Gasteiger partial charge >= 0.3 is 0 Å². The monoisotopic (exact) mass is 1490 g/mol. The molecule has 8 N–H and O–H groups in total. The number of rotatable bonds is 20. The highest BCUT2D eigenvalue weighted by Crippen LogP contribution is 2.34. The van der Waals surface area contributed by atoms with E-state index in [1.54, 1.807) is 67.3 Å². The molecule has 30 nitrogen and oxygen atoms in total. The lowest BCUT2D eigenvalue weighted by Gasteiger charge is -2.22. The summed E-state index contributed by atoms with van der Waals surface area (Å²) in [6.45, 7) is 7.38. The molecule has 4 amide bonds. The van der Waals surface area contributed by atoms with E-state index in [1.807, 2.05) is 89.7 Å². The zero-order valence-electron chi connectivity index (χ0n) is 61.1. The number of hydrogen-bond donors (Lipinski definition) is 6. The summed E-state index contributed by atoms with van der Waals surface area (Å²) >= 11 is 0. The standard InChI is InChI=1S/C20H21FN4O2.C20H23N3O3.2C19H21N5O4/c1-25-17-11-14(22-19(26)16-7-4-8-18(21)23-16)9-10-15(17)20(24-25)27-12-13-5-2-3-6-13;1-13-9-10-25-18(13)19(24)21-15-7-8-16-17(11-15)23(2)22-20(16)26-12-14-5-3-4-6-14;2*1-24-16-9-12(22-18(25)17-15(20)3-2-6-21-17)4-5-14(16)19(23-24)28-11-13-10-26-7-8-27-13/h4,7-11,13H,2-3,5-6,12H2,1H3,(H,22,26);7-11,14H,3-6,12H2,1-2H3,(H,21,24);2*2-6,9,13H,7-8,10-11,20H2,1H3,(H,22,25)/t;;2*13-/m..10/s1. The van der Waals surface area contributed by atoms with Crippen molar-refractivity contribution in [1.29, 1.82) is 0 Å². The minimum Gasteiger partial charge on any atom is -0.476 e. The third kappa shape index (κ3) is 18.8. The summed E-state index contributed by atoms with van der Waals surface area (Å²) < 4.78 is 70.9. The lowest BCUT2D eigenvalue weighted by molar-refractivity contribution is -0.101. The number of benzene rings is 4. The number of nitrogens with one attached hydrogen (secondary N) is 4. The van der Waals surface area contributed by atoms with E-state index in [4.69, 9.17) is 53.8 Å². The number of ether oxygens (including phenoxy) is 8. The van der Waals surface area contributed by atoms with Crippen LogP contribution in [0.3, 0.4) is 0 Å². The average molecular weight is 1490 g/mol. The largest absolute Gasteiger partial charge is 0.476 e. The Labute approximate surface area is 625 Å². The number of aromatic nitrogens is 11. The van der Waals surface area contributed by atoms with E-state index in [0.29, 0.717) is 135 Å². The molecule has 16 rings (SSSR count). The summed E-state index contributed by atoms with van der Waals surface area (Å²) in [6.07, 6.45) is 14.4. The first-order valence-corrected chi connectivity index (χ1v) is 36.0. The Morgan fingerprint density at radius 3 is 1.22 bits per heavy atom. The van der Waals surface area contributed by atoms with Crippen molar-refractivity contribution < 1.29 is 65.9 Å². The maximum absolute atomic E-state index is 13.2. The fourth-order valence-electron chi connectivity index (χ4n) is 13.1. The van der Waals surface area contributed by atoms with Crippen molar-refractivity contribution in [3.63, 3.8) is 0 Å². The molecule has 0 spiro atoms. The minimum atomic E-state index is -0.686. The number of pyridine rings is 3.